The highest BCUT2D eigenvalue weighted by molar-refractivity contribution is 5.86. The third-order valence-electron chi connectivity index (χ3n) is 11.3. The number of carbonyl (C=O) groups is 2. The minimum absolute atomic E-state index is 0.0591. The van der Waals surface area contributed by atoms with Crippen LogP contribution in [-0.2, 0) is 23.8 Å². The number of aliphatic hydroxyl groups excluding tert-OH is 2. The monoisotopic (exact) mass is 494 g/mol. The second-order valence-electron chi connectivity index (χ2n) is 12.6. The normalized spacial score (nSPS) is 54.7. The predicted octanol–water partition coefficient (Wildman–Crippen LogP) is 2.49. The van der Waals surface area contributed by atoms with Gasteiger partial charge in [0, 0.05) is 17.9 Å². The molecule has 5 fully saturated rings. The first-order valence-corrected chi connectivity index (χ1v) is 13.4. The van der Waals surface area contributed by atoms with Gasteiger partial charge in [-0.1, -0.05) is 27.2 Å². The number of fused-ring (bicyclic) bond motifs is 2. The number of hydrogen-bond acceptors (Lipinski definition) is 7. The lowest BCUT2D eigenvalue weighted by Crippen LogP contribution is -2.65. The lowest BCUT2D eigenvalue weighted by atomic mass is 9.42. The first kappa shape index (κ1) is 25.6. The highest BCUT2D eigenvalue weighted by Gasteiger charge is 2.86. The molecular weight excluding hydrogens is 452 g/mol. The van der Waals surface area contributed by atoms with Crippen molar-refractivity contribution in [3.8, 4) is 0 Å². The van der Waals surface area contributed by atoms with Crippen LogP contribution < -0.4 is 0 Å². The van der Waals surface area contributed by atoms with E-state index in [-0.39, 0.29) is 36.2 Å². The largest absolute Gasteiger partial charge is 0.481 e. The standard InChI is InChI=1S/C27H42O8/c1-13(2)19-8-16-9-25(11-28)18-7-6-14(3)17(18)10-26(16,27(19,25)24(31)32)12-34-23-21(30)20(29)22(33-5)15(4)35-23/h11,13-23,29-30H,6-10,12H2,1-5H3,(H,31,32). The average Bonchev–Trinajstić information content (AvgIpc) is 3.38. The van der Waals surface area contributed by atoms with E-state index in [1.165, 1.54) is 7.11 Å². The molecule has 35 heavy (non-hydrogen) atoms. The first-order valence-electron chi connectivity index (χ1n) is 13.4. The van der Waals surface area contributed by atoms with E-state index in [1.54, 1.807) is 6.92 Å². The SMILES string of the molecule is COC1C(C)OC(OCC23CC4C(C)CCC4C4(C=O)CC2CC(C(C)C)C43C(=O)O)C(O)C1O. The van der Waals surface area contributed by atoms with Crippen molar-refractivity contribution >= 4 is 12.3 Å². The Morgan fingerprint density at radius 3 is 2.49 bits per heavy atom. The molecule has 13 atom stereocenters. The van der Waals surface area contributed by atoms with Crippen molar-refractivity contribution in [3.63, 3.8) is 0 Å². The number of carbonyl (C=O) groups excluding carboxylic acids is 1. The van der Waals surface area contributed by atoms with Gasteiger partial charge in [-0.3, -0.25) is 4.79 Å². The number of carboxylic acid groups (broad SMARTS) is 1. The smallest absolute Gasteiger partial charge is 0.311 e. The molecule has 1 heterocycles. The summed E-state index contributed by atoms with van der Waals surface area (Å²) in [5.41, 5.74) is -2.82. The zero-order valence-electron chi connectivity index (χ0n) is 21.6. The van der Waals surface area contributed by atoms with Crippen LogP contribution in [0.15, 0.2) is 0 Å². The first-order chi connectivity index (χ1) is 16.5. The average molecular weight is 495 g/mol. The molecule has 0 aromatic heterocycles. The van der Waals surface area contributed by atoms with Gasteiger partial charge in [0.1, 0.15) is 24.6 Å². The summed E-state index contributed by atoms with van der Waals surface area (Å²) in [6.07, 6.45) is 0.273. The van der Waals surface area contributed by atoms with Gasteiger partial charge in [-0.25, -0.2) is 0 Å². The van der Waals surface area contributed by atoms with Crippen LogP contribution in [0.4, 0.5) is 0 Å². The summed E-state index contributed by atoms with van der Waals surface area (Å²) >= 11 is 0. The minimum atomic E-state index is -1.31. The van der Waals surface area contributed by atoms with Crippen LogP contribution in [-0.4, -0.2) is 72.0 Å². The number of rotatable bonds is 7. The summed E-state index contributed by atoms with van der Waals surface area (Å²) in [4.78, 5) is 26.6. The highest BCUT2D eigenvalue weighted by Crippen LogP contribution is 2.84. The number of aliphatic carboxylic acids is 1. The molecular formula is C27H42O8. The lowest BCUT2D eigenvalue weighted by Gasteiger charge is -2.59. The van der Waals surface area contributed by atoms with Gasteiger partial charge >= 0.3 is 5.97 Å². The molecule has 0 spiro atoms. The topological polar surface area (TPSA) is 123 Å². The maximum Gasteiger partial charge on any atom is 0.311 e. The number of carboxylic acids is 1. The van der Waals surface area contributed by atoms with E-state index in [2.05, 4.69) is 20.8 Å². The van der Waals surface area contributed by atoms with Gasteiger partial charge in [0.25, 0.3) is 0 Å². The molecule has 4 saturated carbocycles. The van der Waals surface area contributed by atoms with Crippen molar-refractivity contribution in [1.29, 1.82) is 0 Å². The second-order valence-corrected chi connectivity index (χ2v) is 12.6. The van der Waals surface area contributed by atoms with Gasteiger partial charge < -0.3 is 34.3 Å². The molecule has 1 saturated heterocycles. The molecule has 5 rings (SSSR count). The van der Waals surface area contributed by atoms with Crippen LogP contribution in [0.5, 0.6) is 0 Å². The Balaban J connectivity index is 1.56. The molecule has 198 valence electrons. The summed E-state index contributed by atoms with van der Waals surface area (Å²) in [5.74, 6) is -0.0130. The Kier molecular flexibility index (Phi) is 6.20. The van der Waals surface area contributed by atoms with Crippen molar-refractivity contribution in [2.45, 2.75) is 90.5 Å². The highest BCUT2D eigenvalue weighted by atomic mass is 16.7. The zero-order chi connectivity index (χ0) is 25.5. The van der Waals surface area contributed by atoms with E-state index < -0.39 is 52.9 Å². The number of aliphatic hydroxyl groups is 2. The molecule has 0 aromatic rings. The van der Waals surface area contributed by atoms with E-state index in [4.69, 9.17) is 14.2 Å². The van der Waals surface area contributed by atoms with E-state index in [1.807, 2.05) is 0 Å². The zero-order valence-corrected chi connectivity index (χ0v) is 21.6. The van der Waals surface area contributed by atoms with Crippen molar-refractivity contribution < 1.29 is 39.1 Å². The Bertz CT molecular complexity index is 862. The van der Waals surface area contributed by atoms with Crippen LogP contribution >= 0.6 is 0 Å². The van der Waals surface area contributed by atoms with E-state index >= 15 is 0 Å². The van der Waals surface area contributed by atoms with E-state index in [0.29, 0.717) is 12.3 Å². The van der Waals surface area contributed by atoms with Gasteiger partial charge in [0.15, 0.2) is 6.29 Å². The Morgan fingerprint density at radius 1 is 1.17 bits per heavy atom. The molecule has 0 radical (unpaired) electrons. The van der Waals surface area contributed by atoms with Crippen molar-refractivity contribution in [2.24, 2.45) is 51.8 Å². The van der Waals surface area contributed by atoms with Crippen LogP contribution in [0.25, 0.3) is 0 Å². The fourth-order valence-electron chi connectivity index (χ4n) is 10.1. The summed E-state index contributed by atoms with van der Waals surface area (Å²) < 4.78 is 17.5. The Hall–Kier alpha value is -1.06. The fourth-order valence-corrected chi connectivity index (χ4v) is 10.1. The summed E-state index contributed by atoms with van der Waals surface area (Å²) in [7, 11) is 1.46. The molecule has 3 N–H and O–H groups in total. The van der Waals surface area contributed by atoms with Gasteiger partial charge in [0.2, 0.25) is 0 Å². The number of ether oxygens (including phenoxy) is 3. The van der Waals surface area contributed by atoms with Crippen molar-refractivity contribution in [3.05, 3.63) is 0 Å². The number of hydrogen-bond donors (Lipinski definition) is 3. The van der Waals surface area contributed by atoms with Gasteiger partial charge in [-0.2, -0.15) is 0 Å². The Labute approximate surface area is 207 Å². The summed E-state index contributed by atoms with van der Waals surface area (Å²) in [6, 6.07) is 0. The van der Waals surface area contributed by atoms with Crippen LogP contribution in [0.1, 0.15) is 59.8 Å². The minimum Gasteiger partial charge on any atom is -0.481 e. The van der Waals surface area contributed by atoms with Crippen molar-refractivity contribution in [2.75, 3.05) is 13.7 Å². The van der Waals surface area contributed by atoms with E-state index in [9.17, 15) is 24.9 Å². The Morgan fingerprint density at radius 2 is 1.89 bits per heavy atom. The second kappa shape index (κ2) is 8.48. The third kappa shape index (κ3) is 2.98. The van der Waals surface area contributed by atoms with Gasteiger partial charge in [-0.15, -0.1) is 0 Å². The number of aldehydes is 1. The van der Waals surface area contributed by atoms with Crippen LogP contribution in [0, 0.1) is 51.8 Å². The van der Waals surface area contributed by atoms with Crippen LogP contribution in [0.3, 0.4) is 0 Å². The van der Waals surface area contributed by atoms with Gasteiger partial charge in [0.05, 0.1) is 18.1 Å². The predicted molar refractivity (Wildman–Crippen MR) is 125 cm³/mol. The molecule has 0 amide bonds. The van der Waals surface area contributed by atoms with Crippen molar-refractivity contribution in [1.82, 2.24) is 0 Å². The quantitative estimate of drug-likeness (QED) is 0.462. The number of methoxy groups -OCH3 is 1. The molecule has 4 aliphatic carbocycles. The molecule has 8 heteroatoms. The van der Waals surface area contributed by atoms with Crippen LogP contribution in [0.2, 0.25) is 0 Å². The van der Waals surface area contributed by atoms with E-state index in [0.717, 1.165) is 32.0 Å². The molecule has 13 unspecified atom stereocenters. The maximum atomic E-state index is 13.5. The fraction of sp³-hybridized carbons (Fsp3) is 0.926. The molecule has 5 aliphatic rings. The molecule has 1 aliphatic heterocycles. The molecule has 4 bridgehead atoms. The third-order valence-corrected chi connectivity index (χ3v) is 11.3. The molecule has 0 aromatic carbocycles. The lowest BCUT2D eigenvalue weighted by molar-refractivity contribution is -0.308. The maximum absolute atomic E-state index is 13.5. The van der Waals surface area contributed by atoms with Gasteiger partial charge in [-0.05, 0) is 68.1 Å². The summed E-state index contributed by atoms with van der Waals surface area (Å²) in [6.45, 7) is 8.23. The molecule has 8 nitrogen and oxygen atoms in total. The summed E-state index contributed by atoms with van der Waals surface area (Å²) in [5, 5.41) is 32.4.